The van der Waals surface area contributed by atoms with Crippen molar-refractivity contribution in [3.63, 3.8) is 0 Å². The zero-order valence-corrected chi connectivity index (χ0v) is 8.96. The molecule has 0 saturated heterocycles. The second-order valence-corrected chi connectivity index (χ2v) is 3.69. The predicted molar refractivity (Wildman–Crippen MR) is 55.0 cm³/mol. The highest BCUT2D eigenvalue weighted by molar-refractivity contribution is 9.10. The quantitative estimate of drug-likeness (QED) is 0.848. The van der Waals surface area contributed by atoms with Crippen LogP contribution in [-0.2, 0) is 0 Å². The average Bonchev–Trinajstić information content (AvgIpc) is 2.49. The van der Waals surface area contributed by atoms with E-state index in [0.717, 1.165) is 4.47 Å². The summed E-state index contributed by atoms with van der Waals surface area (Å²) in [5.41, 5.74) is 0.475. The van der Waals surface area contributed by atoms with Gasteiger partial charge in [-0.3, -0.25) is 4.79 Å². The monoisotopic (exact) mass is 254 g/mol. The van der Waals surface area contributed by atoms with E-state index in [4.69, 9.17) is 4.42 Å². The lowest BCUT2D eigenvalue weighted by Gasteiger charge is -1.97. The molecular weight excluding hydrogens is 248 g/mol. The van der Waals surface area contributed by atoms with E-state index in [2.05, 4.69) is 25.9 Å². The molecule has 0 aliphatic rings. The van der Waals surface area contributed by atoms with Gasteiger partial charge in [0, 0.05) is 11.8 Å². The molecule has 0 saturated carbocycles. The lowest BCUT2D eigenvalue weighted by Crippen LogP contribution is -2.08. The molecule has 0 amide bonds. The van der Waals surface area contributed by atoms with Crippen molar-refractivity contribution in [1.29, 1.82) is 0 Å². The SMILES string of the molecule is Cc1cc(=O)[nH]c(-c2occc2Br)n1. The van der Waals surface area contributed by atoms with Gasteiger partial charge in [-0.2, -0.15) is 0 Å². The van der Waals surface area contributed by atoms with Crippen LogP contribution in [-0.4, -0.2) is 9.97 Å². The Morgan fingerprint density at radius 3 is 2.93 bits per heavy atom. The predicted octanol–water partition coefficient (Wildman–Crippen LogP) is 2.10. The minimum Gasteiger partial charge on any atom is -0.460 e. The molecule has 0 unspecified atom stereocenters. The van der Waals surface area contributed by atoms with Crippen molar-refractivity contribution >= 4 is 15.9 Å². The molecule has 1 N–H and O–H groups in total. The van der Waals surface area contributed by atoms with Crippen molar-refractivity contribution < 1.29 is 4.42 Å². The molecule has 2 rings (SSSR count). The Bertz CT molecular complexity index is 516. The first kappa shape index (κ1) is 9.21. The molecule has 4 nitrogen and oxygen atoms in total. The smallest absolute Gasteiger partial charge is 0.251 e. The Balaban J connectivity index is 2.63. The molecule has 0 bridgehead atoms. The first-order valence-electron chi connectivity index (χ1n) is 3.98. The molecule has 0 atom stereocenters. The van der Waals surface area contributed by atoms with E-state index in [-0.39, 0.29) is 5.56 Å². The van der Waals surface area contributed by atoms with Crippen LogP contribution in [0, 0.1) is 6.92 Å². The van der Waals surface area contributed by atoms with Crippen molar-refractivity contribution in [2.24, 2.45) is 0 Å². The fourth-order valence-corrected chi connectivity index (χ4v) is 1.54. The maximum absolute atomic E-state index is 11.2. The van der Waals surface area contributed by atoms with Crippen LogP contribution < -0.4 is 5.56 Å². The van der Waals surface area contributed by atoms with E-state index >= 15 is 0 Å². The van der Waals surface area contributed by atoms with Gasteiger partial charge in [-0.15, -0.1) is 0 Å². The average molecular weight is 255 g/mol. The van der Waals surface area contributed by atoms with Gasteiger partial charge in [0.2, 0.25) is 0 Å². The number of nitrogens with zero attached hydrogens (tertiary/aromatic N) is 1. The third-order valence-corrected chi connectivity index (χ3v) is 2.33. The van der Waals surface area contributed by atoms with Gasteiger partial charge in [0.05, 0.1) is 10.7 Å². The number of aromatic amines is 1. The van der Waals surface area contributed by atoms with Crippen LogP contribution in [0.5, 0.6) is 0 Å². The number of hydrogen-bond donors (Lipinski definition) is 1. The standard InChI is InChI=1S/C9H7BrN2O2/c1-5-4-7(13)12-9(11-5)8-6(10)2-3-14-8/h2-4H,1H3,(H,11,12,13). The Hall–Kier alpha value is -1.36. The van der Waals surface area contributed by atoms with Crippen molar-refractivity contribution in [3.8, 4) is 11.6 Å². The van der Waals surface area contributed by atoms with Crippen molar-refractivity contribution in [1.82, 2.24) is 9.97 Å². The summed E-state index contributed by atoms with van der Waals surface area (Å²) in [4.78, 5) is 17.9. The third-order valence-electron chi connectivity index (χ3n) is 1.70. The van der Waals surface area contributed by atoms with Gasteiger partial charge < -0.3 is 9.40 Å². The summed E-state index contributed by atoms with van der Waals surface area (Å²) in [5.74, 6) is 0.970. The number of H-pyrrole nitrogens is 1. The van der Waals surface area contributed by atoms with Crippen molar-refractivity contribution in [3.05, 3.63) is 38.9 Å². The summed E-state index contributed by atoms with van der Waals surface area (Å²) in [6.07, 6.45) is 1.53. The summed E-state index contributed by atoms with van der Waals surface area (Å²) in [7, 11) is 0. The van der Waals surface area contributed by atoms with Gasteiger partial charge in [0.25, 0.3) is 5.56 Å². The number of halogens is 1. The topological polar surface area (TPSA) is 58.9 Å². The Morgan fingerprint density at radius 1 is 1.57 bits per heavy atom. The fourth-order valence-electron chi connectivity index (χ4n) is 1.15. The summed E-state index contributed by atoms with van der Waals surface area (Å²) in [6.45, 7) is 1.76. The molecule has 0 aromatic carbocycles. The van der Waals surface area contributed by atoms with Crippen LogP contribution in [0.1, 0.15) is 5.69 Å². The van der Waals surface area contributed by atoms with E-state index in [0.29, 0.717) is 17.3 Å². The second kappa shape index (κ2) is 3.42. The molecule has 0 radical (unpaired) electrons. The van der Waals surface area contributed by atoms with Crippen LogP contribution in [0.2, 0.25) is 0 Å². The second-order valence-electron chi connectivity index (χ2n) is 2.83. The van der Waals surface area contributed by atoms with Gasteiger partial charge in [0.15, 0.2) is 11.6 Å². The first-order chi connectivity index (χ1) is 6.66. The van der Waals surface area contributed by atoms with E-state index < -0.39 is 0 Å². The minimum atomic E-state index is -0.184. The number of aromatic nitrogens is 2. The zero-order valence-electron chi connectivity index (χ0n) is 7.37. The highest BCUT2D eigenvalue weighted by atomic mass is 79.9. The molecule has 0 fully saturated rings. The number of furan rings is 1. The molecule has 2 heterocycles. The molecule has 0 aliphatic carbocycles. The summed E-state index contributed by atoms with van der Waals surface area (Å²) >= 11 is 3.30. The van der Waals surface area contributed by atoms with Gasteiger partial charge in [-0.25, -0.2) is 4.98 Å². The maximum Gasteiger partial charge on any atom is 0.251 e. The normalized spacial score (nSPS) is 10.4. The van der Waals surface area contributed by atoms with E-state index in [1.807, 2.05) is 0 Å². The molecule has 72 valence electrons. The molecule has 14 heavy (non-hydrogen) atoms. The number of rotatable bonds is 1. The van der Waals surface area contributed by atoms with E-state index in [9.17, 15) is 4.79 Å². The van der Waals surface area contributed by atoms with Gasteiger partial charge in [-0.05, 0) is 28.9 Å². The van der Waals surface area contributed by atoms with E-state index in [1.165, 1.54) is 12.3 Å². The highest BCUT2D eigenvalue weighted by Gasteiger charge is 2.09. The molecule has 2 aromatic heterocycles. The Morgan fingerprint density at radius 2 is 2.36 bits per heavy atom. The molecule has 5 heteroatoms. The van der Waals surface area contributed by atoms with Crippen LogP contribution in [0.3, 0.4) is 0 Å². The lowest BCUT2D eigenvalue weighted by atomic mass is 10.4. The van der Waals surface area contributed by atoms with Crippen LogP contribution in [0.25, 0.3) is 11.6 Å². The van der Waals surface area contributed by atoms with Crippen LogP contribution in [0.15, 0.2) is 32.1 Å². The summed E-state index contributed by atoms with van der Waals surface area (Å²) in [6, 6.07) is 3.18. The van der Waals surface area contributed by atoms with Crippen LogP contribution >= 0.6 is 15.9 Å². The number of aryl methyl sites for hydroxylation is 1. The fraction of sp³-hybridized carbons (Fsp3) is 0.111. The summed E-state index contributed by atoms with van der Waals surface area (Å²) < 4.78 is 5.95. The first-order valence-corrected chi connectivity index (χ1v) is 4.77. The number of nitrogens with one attached hydrogen (secondary N) is 1. The number of hydrogen-bond acceptors (Lipinski definition) is 3. The molecule has 0 spiro atoms. The summed E-state index contributed by atoms with van der Waals surface area (Å²) in [5, 5.41) is 0. The minimum absolute atomic E-state index is 0.184. The van der Waals surface area contributed by atoms with E-state index in [1.54, 1.807) is 13.0 Å². The highest BCUT2D eigenvalue weighted by Crippen LogP contribution is 2.25. The lowest BCUT2D eigenvalue weighted by molar-refractivity contribution is 0.575. The van der Waals surface area contributed by atoms with Gasteiger partial charge in [-0.1, -0.05) is 0 Å². The van der Waals surface area contributed by atoms with Crippen molar-refractivity contribution in [2.45, 2.75) is 6.92 Å². The molecule has 0 aliphatic heterocycles. The largest absolute Gasteiger partial charge is 0.460 e. The Kier molecular flexibility index (Phi) is 2.25. The maximum atomic E-state index is 11.2. The third kappa shape index (κ3) is 1.63. The zero-order chi connectivity index (χ0) is 10.1. The van der Waals surface area contributed by atoms with Crippen molar-refractivity contribution in [2.75, 3.05) is 0 Å². The Labute approximate surface area is 88.1 Å². The van der Waals surface area contributed by atoms with Crippen LogP contribution in [0.4, 0.5) is 0 Å². The molecule has 2 aromatic rings. The van der Waals surface area contributed by atoms with Gasteiger partial charge >= 0.3 is 0 Å². The van der Waals surface area contributed by atoms with Gasteiger partial charge in [0.1, 0.15) is 0 Å². The molecular formula is C9H7BrN2O2.